The number of rotatable bonds is 4. The minimum atomic E-state index is -5.04. The van der Waals surface area contributed by atoms with Gasteiger partial charge in [0.25, 0.3) is 6.43 Å². The standard InChI is InChI=1S/C9H5BrF5NO3/c10-7-4(19-9(13,14)15)1-3(2-5(17)18)6(16-7)8(11)12/h1,8H,2H2,(H,17,18). The highest BCUT2D eigenvalue weighted by atomic mass is 79.9. The molecule has 10 heteroatoms. The van der Waals surface area contributed by atoms with E-state index in [0.29, 0.717) is 6.07 Å². The number of alkyl halides is 5. The highest BCUT2D eigenvalue weighted by Crippen LogP contribution is 2.33. The number of ether oxygens (including phenoxy) is 1. The molecule has 0 saturated heterocycles. The second kappa shape index (κ2) is 5.68. The molecule has 0 spiro atoms. The van der Waals surface area contributed by atoms with Crippen LogP contribution in [0.3, 0.4) is 0 Å². The Kier molecular flexibility index (Phi) is 4.66. The van der Waals surface area contributed by atoms with Gasteiger partial charge in [0.1, 0.15) is 10.3 Å². The fraction of sp³-hybridized carbons (Fsp3) is 0.333. The van der Waals surface area contributed by atoms with Crippen molar-refractivity contribution >= 4 is 21.9 Å². The van der Waals surface area contributed by atoms with Crippen LogP contribution in [0.1, 0.15) is 17.7 Å². The molecule has 1 aromatic rings. The summed E-state index contributed by atoms with van der Waals surface area (Å²) < 4.78 is 64.2. The van der Waals surface area contributed by atoms with Gasteiger partial charge in [0.2, 0.25) is 0 Å². The van der Waals surface area contributed by atoms with Gasteiger partial charge in [0, 0.05) is 0 Å². The summed E-state index contributed by atoms with van der Waals surface area (Å²) in [6, 6.07) is 0.570. The van der Waals surface area contributed by atoms with E-state index in [9.17, 15) is 26.7 Å². The maximum atomic E-state index is 12.6. The summed E-state index contributed by atoms with van der Waals surface area (Å²) in [5.74, 6) is -2.36. The maximum Gasteiger partial charge on any atom is 0.573 e. The fourth-order valence-electron chi connectivity index (χ4n) is 1.21. The van der Waals surface area contributed by atoms with Gasteiger partial charge in [-0.3, -0.25) is 4.79 Å². The van der Waals surface area contributed by atoms with Crippen LogP contribution >= 0.6 is 15.9 Å². The number of halogens is 6. The fourth-order valence-corrected chi connectivity index (χ4v) is 1.60. The number of carbonyl (C=O) groups is 1. The first kappa shape index (κ1) is 15.6. The zero-order valence-corrected chi connectivity index (χ0v) is 10.4. The largest absolute Gasteiger partial charge is 0.573 e. The first-order valence-corrected chi connectivity index (χ1v) is 5.34. The van der Waals surface area contributed by atoms with Crippen molar-refractivity contribution in [2.45, 2.75) is 19.2 Å². The summed E-state index contributed by atoms with van der Waals surface area (Å²) in [5.41, 5.74) is -1.46. The Hall–Kier alpha value is -1.45. The summed E-state index contributed by atoms with van der Waals surface area (Å²) in [5, 5.41) is 8.52. The van der Waals surface area contributed by atoms with Gasteiger partial charge >= 0.3 is 12.3 Å². The molecule has 0 aliphatic rings. The molecule has 19 heavy (non-hydrogen) atoms. The third kappa shape index (κ3) is 4.62. The van der Waals surface area contributed by atoms with E-state index >= 15 is 0 Å². The molecule has 1 rings (SSSR count). The van der Waals surface area contributed by atoms with Crippen molar-refractivity contribution in [3.63, 3.8) is 0 Å². The normalized spacial score (nSPS) is 11.7. The molecule has 0 atom stereocenters. The van der Waals surface area contributed by atoms with E-state index in [1.807, 2.05) is 0 Å². The maximum absolute atomic E-state index is 12.6. The van der Waals surface area contributed by atoms with Gasteiger partial charge in [-0.2, -0.15) is 0 Å². The minimum absolute atomic E-state index is 0.551. The predicted molar refractivity (Wildman–Crippen MR) is 54.9 cm³/mol. The molecular formula is C9H5BrF5NO3. The SMILES string of the molecule is O=C(O)Cc1cc(OC(F)(F)F)c(Br)nc1C(F)F. The molecule has 0 aliphatic heterocycles. The minimum Gasteiger partial charge on any atom is -0.481 e. The van der Waals surface area contributed by atoms with Crippen LogP contribution in [0.5, 0.6) is 5.75 Å². The lowest BCUT2D eigenvalue weighted by atomic mass is 10.1. The van der Waals surface area contributed by atoms with E-state index < -0.39 is 46.8 Å². The van der Waals surface area contributed by atoms with Crippen LogP contribution in [0.2, 0.25) is 0 Å². The lowest BCUT2D eigenvalue weighted by molar-refractivity contribution is -0.275. The summed E-state index contributed by atoms with van der Waals surface area (Å²) in [6.07, 6.45) is -9.06. The van der Waals surface area contributed by atoms with E-state index in [4.69, 9.17) is 5.11 Å². The van der Waals surface area contributed by atoms with Crippen molar-refractivity contribution in [3.8, 4) is 5.75 Å². The number of hydrogen-bond donors (Lipinski definition) is 1. The second-order valence-corrected chi connectivity index (χ2v) is 3.99. The molecule has 0 fully saturated rings. The van der Waals surface area contributed by atoms with Gasteiger partial charge in [-0.1, -0.05) is 0 Å². The molecule has 106 valence electrons. The van der Waals surface area contributed by atoms with Crippen molar-refractivity contribution in [2.75, 3.05) is 0 Å². The Morgan fingerprint density at radius 2 is 2.05 bits per heavy atom. The van der Waals surface area contributed by atoms with Gasteiger partial charge in [-0.25, -0.2) is 13.8 Å². The quantitative estimate of drug-likeness (QED) is 0.669. The number of aliphatic carboxylic acids is 1. The number of pyridine rings is 1. The van der Waals surface area contributed by atoms with Crippen molar-refractivity contribution < 1.29 is 36.6 Å². The van der Waals surface area contributed by atoms with Crippen molar-refractivity contribution in [2.24, 2.45) is 0 Å². The van der Waals surface area contributed by atoms with Crippen LogP contribution in [-0.4, -0.2) is 22.4 Å². The second-order valence-electron chi connectivity index (χ2n) is 3.24. The third-order valence-corrected chi connectivity index (χ3v) is 2.40. The highest BCUT2D eigenvalue weighted by Gasteiger charge is 2.33. The molecular weight excluding hydrogens is 345 g/mol. The Morgan fingerprint density at radius 3 is 2.47 bits per heavy atom. The van der Waals surface area contributed by atoms with Crippen LogP contribution in [0.25, 0.3) is 0 Å². The lowest BCUT2D eigenvalue weighted by Gasteiger charge is -2.13. The third-order valence-electron chi connectivity index (χ3n) is 1.83. The van der Waals surface area contributed by atoms with E-state index in [-0.39, 0.29) is 0 Å². The number of aromatic nitrogens is 1. The van der Waals surface area contributed by atoms with Gasteiger partial charge in [-0.15, -0.1) is 13.2 Å². The Balaban J connectivity index is 3.25. The molecule has 0 radical (unpaired) electrons. The van der Waals surface area contributed by atoms with Gasteiger partial charge < -0.3 is 9.84 Å². The molecule has 0 bridgehead atoms. The number of nitrogens with zero attached hydrogens (tertiary/aromatic N) is 1. The summed E-state index contributed by atoms with van der Waals surface area (Å²) in [4.78, 5) is 13.7. The summed E-state index contributed by atoms with van der Waals surface area (Å²) in [7, 11) is 0. The smallest absolute Gasteiger partial charge is 0.481 e. The zero-order valence-electron chi connectivity index (χ0n) is 8.84. The Morgan fingerprint density at radius 1 is 1.47 bits per heavy atom. The van der Waals surface area contributed by atoms with Crippen molar-refractivity contribution in [3.05, 3.63) is 21.9 Å². The first-order chi connectivity index (χ1) is 8.60. The zero-order chi connectivity index (χ0) is 14.8. The Bertz CT molecular complexity index is 491. The molecule has 0 amide bonds. The van der Waals surface area contributed by atoms with Gasteiger partial charge in [0.05, 0.1) is 6.42 Å². The van der Waals surface area contributed by atoms with E-state index in [0.717, 1.165) is 0 Å². The number of carboxylic acids is 1. The van der Waals surface area contributed by atoms with Crippen LogP contribution in [-0.2, 0) is 11.2 Å². The molecule has 4 nitrogen and oxygen atoms in total. The summed E-state index contributed by atoms with van der Waals surface area (Å²) >= 11 is 2.55. The van der Waals surface area contributed by atoms with Crippen LogP contribution in [0.4, 0.5) is 22.0 Å². The van der Waals surface area contributed by atoms with Crippen LogP contribution < -0.4 is 4.74 Å². The molecule has 0 aliphatic carbocycles. The van der Waals surface area contributed by atoms with Crippen LogP contribution in [0.15, 0.2) is 10.7 Å². The average Bonchev–Trinajstić information content (AvgIpc) is 2.19. The molecule has 1 N–H and O–H groups in total. The monoisotopic (exact) mass is 349 g/mol. The lowest BCUT2D eigenvalue weighted by Crippen LogP contribution is -2.18. The average molecular weight is 350 g/mol. The Labute approximate surface area is 111 Å². The molecule has 0 aromatic carbocycles. The van der Waals surface area contributed by atoms with E-state index in [1.54, 1.807) is 0 Å². The number of carboxylic acid groups (broad SMARTS) is 1. The topological polar surface area (TPSA) is 59.4 Å². The highest BCUT2D eigenvalue weighted by molar-refractivity contribution is 9.10. The van der Waals surface area contributed by atoms with E-state index in [2.05, 4.69) is 25.7 Å². The summed E-state index contributed by atoms with van der Waals surface area (Å²) in [6.45, 7) is 0. The van der Waals surface area contributed by atoms with Gasteiger partial charge in [-0.05, 0) is 27.6 Å². The first-order valence-electron chi connectivity index (χ1n) is 4.55. The predicted octanol–water partition coefficient (Wildman–Crippen LogP) is 3.31. The van der Waals surface area contributed by atoms with Crippen molar-refractivity contribution in [1.29, 1.82) is 0 Å². The van der Waals surface area contributed by atoms with Crippen LogP contribution in [0, 0.1) is 0 Å². The molecule has 0 saturated carbocycles. The van der Waals surface area contributed by atoms with E-state index in [1.165, 1.54) is 0 Å². The van der Waals surface area contributed by atoms with Crippen molar-refractivity contribution in [1.82, 2.24) is 4.98 Å². The molecule has 1 heterocycles. The molecule has 0 unspecified atom stereocenters. The molecule has 1 aromatic heterocycles. The number of hydrogen-bond acceptors (Lipinski definition) is 3. The van der Waals surface area contributed by atoms with Gasteiger partial charge in [0.15, 0.2) is 5.75 Å².